The summed E-state index contributed by atoms with van der Waals surface area (Å²) in [5.41, 5.74) is 0.476. The molecule has 1 heterocycles. The summed E-state index contributed by atoms with van der Waals surface area (Å²) in [6.45, 7) is 2.67. The number of thioether (sulfide) groups is 1. The average molecular weight is 319 g/mol. The number of rotatable bonds is 2. The number of halogens is 2. The van der Waals surface area contributed by atoms with Crippen molar-refractivity contribution < 1.29 is 9.53 Å². The normalized spacial score (nSPS) is 17.0. The number of amidine groups is 1. The molecule has 0 saturated carbocycles. The summed E-state index contributed by atoms with van der Waals surface area (Å²) in [6, 6.07) is 5.17. The number of hydrogen-bond acceptors (Lipinski definition) is 4. The summed E-state index contributed by atoms with van der Waals surface area (Å²) >= 11 is 13.6. The molecular weight excluding hydrogens is 307 g/mol. The molecule has 0 bridgehead atoms. The number of carbonyl (C=O) groups excluding carboxylic acids is 1. The van der Waals surface area contributed by atoms with Gasteiger partial charge in [0.1, 0.15) is 5.69 Å². The van der Waals surface area contributed by atoms with Gasteiger partial charge in [0.2, 0.25) is 0 Å². The topological polar surface area (TPSA) is 41.9 Å². The third kappa shape index (κ3) is 3.35. The molecule has 0 N–H and O–H groups in total. The van der Waals surface area contributed by atoms with Crippen molar-refractivity contribution in [1.29, 1.82) is 0 Å². The van der Waals surface area contributed by atoms with Crippen molar-refractivity contribution in [2.75, 3.05) is 18.9 Å². The number of nitrogens with zero attached hydrogens (tertiary/aromatic N) is 2. The van der Waals surface area contributed by atoms with Crippen molar-refractivity contribution in [3.63, 3.8) is 0 Å². The monoisotopic (exact) mass is 318 g/mol. The van der Waals surface area contributed by atoms with Crippen molar-refractivity contribution in [3.05, 3.63) is 28.2 Å². The Labute approximate surface area is 125 Å². The van der Waals surface area contributed by atoms with Gasteiger partial charge in [-0.05, 0) is 19.1 Å². The summed E-state index contributed by atoms with van der Waals surface area (Å²) in [5.74, 6) is 0.777. The minimum atomic E-state index is -0.394. The minimum absolute atomic E-state index is 0.333. The lowest BCUT2D eigenvalue weighted by Gasteiger charge is -2.15. The Morgan fingerprint density at radius 1 is 1.47 bits per heavy atom. The molecule has 0 radical (unpaired) electrons. The van der Waals surface area contributed by atoms with E-state index in [1.54, 1.807) is 25.1 Å². The lowest BCUT2D eigenvalue weighted by Crippen LogP contribution is -2.32. The first-order valence-corrected chi connectivity index (χ1v) is 7.47. The maximum Gasteiger partial charge on any atom is 0.415 e. The molecule has 1 aromatic carbocycles. The summed E-state index contributed by atoms with van der Waals surface area (Å²) in [7, 11) is 0. The number of para-hydroxylation sites is 1. The van der Waals surface area contributed by atoms with Crippen molar-refractivity contribution in [2.45, 2.75) is 6.92 Å². The van der Waals surface area contributed by atoms with Crippen LogP contribution in [0.2, 0.25) is 10.0 Å². The molecule has 0 atom stereocenters. The number of aliphatic imine (C=N–C) groups is 1. The number of ether oxygens (including phenoxy) is 1. The number of hydrogen-bond donors (Lipinski definition) is 0. The zero-order valence-corrected chi connectivity index (χ0v) is 12.6. The lowest BCUT2D eigenvalue weighted by molar-refractivity contribution is 0.131. The molecule has 0 spiro atoms. The van der Waals surface area contributed by atoms with E-state index >= 15 is 0 Å². The summed E-state index contributed by atoms with van der Waals surface area (Å²) in [4.78, 5) is 17.6. The molecular formula is C12H12Cl2N2O2S. The molecule has 4 nitrogen and oxygen atoms in total. The van der Waals surface area contributed by atoms with Crippen molar-refractivity contribution >= 4 is 51.9 Å². The molecule has 1 aromatic rings. The Bertz CT molecular complexity index is 502. The zero-order valence-electron chi connectivity index (χ0n) is 10.2. The molecule has 0 aromatic heterocycles. The van der Waals surface area contributed by atoms with E-state index in [4.69, 9.17) is 27.9 Å². The molecule has 1 aliphatic rings. The van der Waals surface area contributed by atoms with Crippen LogP contribution in [0, 0.1) is 0 Å². The first-order valence-electron chi connectivity index (χ1n) is 5.73. The lowest BCUT2D eigenvalue weighted by atomic mass is 10.3. The van der Waals surface area contributed by atoms with E-state index in [9.17, 15) is 4.79 Å². The zero-order chi connectivity index (χ0) is 13.8. The predicted molar refractivity (Wildman–Crippen MR) is 79.7 cm³/mol. The van der Waals surface area contributed by atoms with Crippen LogP contribution in [0.5, 0.6) is 0 Å². The molecule has 0 aliphatic carbocycles. The fraction of sp³-hybridized carbons (Fsp3) is 0.333. The SMILES string of the molecule is CCOC(=O)N1CCSC1=Nc1c(Cl)cccc1Cl. The van der Waals surface area contributed by atoms with E-state index < -0.39 is 6.09 Å². The van der Waals surface area contributed by atoms with Crippen LogP contribution >= 0.6 is 35.0 Å². The fourth-order valence-electron chi connectivity index (χ4n) is 1.56. The molecule has 2 rings (SSSR count). The largest absolute Gasteiger partial charge is 0.449 e. The van der Waals surface area contributed by atoms with Gasteiger partial charge in [-0.2, -0.15) is 0 Å². The molecule has 1 fully saturated rings. The summed E-state index contributed by atoms with van der Waals surface area (Å²) in [6.07, 6.45) is -0.394. The third-order valence-corrected chi connectivity index (χ3v) is 3.98. The van der Waals surface area contributed by atoms with Crippen LogP contribution in [0.4, 0.5) is 10.5 Å². The van der Waals surface area contributed by atoms with Gasteiger partial charge in [-0.3, -0.25) is 4.90 Å². The van der Waals surface area contributed by atoms with Gasteiger partial charge in [0.15, 0.2) is 5.17 Å². The van der Waals surface area contributed by atoms with Crippen molar-refractivity contribution in [3.8, 4) is 0 Å². The molecule has 102 valence electrons. The van der Waals surface area contributed by atoms with Crippen LogP contribution in [0.3, 0.4) is 0 Å². The van der Waals surface area contributed by atoms with Gasteiger partial charge in [0, 0.05) is 12.3 Å². The molecule has 7 heteroatoms. The Balaban J connectivity index is 2.29. The third-order valence-electron chi connectivity index (χ3n) is 2.41. The Hall–Kier alpha value is -0.910. The molecule has 19 heavy (non-hydrogen) atoms. The fourth-order valence-corrected chi connectivity index (χ4v) is 2.97. The van der Waals surface area contributed by atoms with E-state index in [0.717, 1.165) is 5.75 Å². The van der Waals surface area contributed by atoms with Crippen molar-refractivity contribution in [2.24, 2.45) is 4.99 Å². The Morgan fingerprint density at radius 3 is 2.79 bits per heavy atom. The van der Waals surface area contributed by atoms with E-state index in [2.05, 4.69) is 4.99 Å². The first-order chi connectivity index (χ1) is 9.13. The second-order valence-electron chi connectivity index (χ2n) is 3.66. The smallest absolute Gasteiger partial charge is 0.415 e. The van der Waals surface area contributed by atoms with Gasteiger partial charge in [0.05, 0.1) is 16.7 Å². The van der Waals surface area contributed by atoms with Gasteiger partial charge in [0.25, 0.3) is 0 Å². The van der Waals surface area contributed by atoms with Crippen molar-refractivity contribution in [1.82, 2.24) is 4.90 Å². The first kappa shape index (κ1) is 14.5. The van der Waals surface area contributed by atoms with Crippen LogP contribution in [-0.2, 0) is 4.74 Å². The second kappa shape index (κ2) is 6.50. The highest BCUT2D eigenvalue weighted by Crippen LogP contribution is 2.34. The Morgan fingerprint density at radius 2 is 2.16 bits per heavy atom. The molecule has 1 saturated heterocycles. The van der Waals surface area contributed by atoms with Crippen LogP contribution in [0.25, 0.3) is 0 Å². The van der Waals surface area contributed by atoms with Gasteiger partial charge in [-0.15, -0.1) is 0 Å². The maximum atomic E-state index is 11.8. The van der Waals surface area contributed by atoms with E-state index in [1.807, 2.05) is 0 Å². The van der Waals surface area contributed by atoms with Gasteiger partial charge < -0.3 is 4.74 Å². The van der Waals surface area contributed by atoms with Crippen LogP contribution < -0.4 is 0 Å². The van der Waals surface area contributed by atoms with Gasteiger partial charge in [-0.25, -0.2) is 9.79 Å². The number of carbonyl (C=O) groups is 1. The second-order valence-corrected chi connectivity index (χ2v) is 5.54. The molecule has 1 amide bonds. The van der Waals surface area contributed by atoms with Gasteiger partial charge >= 0.3 is 6.09 Å². The number of benzene rings is 1. The highest BCUT2D eigenvalue weighted by molar-refractivity contribution is 8.14. The van der Waals surface area contributed by atoms with Gasteiger partial charge in [-0.1, -0.05) is 41.0 Å². The van der Waals surface area contributed by atoms with E-state index in [-0.39, 0.29) is 0 Å². The molecule has 0 unspecified atom stereocenters. The van der Waals surface area contributed by atoms with Crippen LogP contribution in [-0.4, -0.2) is 35.1 Å². The minimum Gasteiger partial charge on any atom is -0.449 e. The maximum absolute atomic E-state index is 11.8. The highest BCUT2D eigenvalue weighted by Gasteiger charge is 2.27. The molecule has 1 aliphatic heterocycles. The Kier molecular flexibility index (Phi) is 4.96. The average Bonchev–Trinajstić information content (AvgIpc) is 2.82. The quantitative estimate of drug-likeness (QED) is 0.821. The predicted octanol–water partition coefficient (Wildman–Crippen LogP) is 4.19. The van der Waals surface area contributed by atoms with E-state index in [0.29, 0.717) is 34.1 Å². The van der Waals surface area contributed by atoms with E-state index in [1.165, 1.54) is 16.7 Å². The van der Waals surface area contributed by atoms with Crippen LogP contribution in [0.15, 0.2) is 23.2 Å². The van der Waals surface area contributed by atoms with Crippen LogP contribution in [0.1, 0.15) is 6.92 Å². The summed E-state index contributed by atoms with van der Waals surface area (Å²) < 4.78 is 4.98. The summed E-state index contributed by atoms with van der Waals surface area (Å²) in [5, 5.41) is 1.47. The number of amides is 1. The standard InChI is InChI=1S/C12H12Cl2N2O2S/c1-2-18-12(17)16-6-7-19-11(16)15-10-8(13)4-3-5-9(10)14/h3-5H,2,6-7H2,1H3. The highest BCUT2D eigenvalue weighted by atomic mass is 35.5.